The molecule has 0 aliphatic heterocycles. The molecule has 1 aromatic heterocycles. The van der Waals surface area contributed by atoms with E-state index in [4.69, 9.17) is 5.11 Å². The van der Waals surface area contributed by atoms with Crippen molar-refractivity contribution in [3.05, 3.63) is 21.9 Å². The minimum Gasteiger partial charge on any atom is -0.481 e. The minimum atomic E-state index is -0.765. The Morgan fingerprint density at radius 2 is 2.29 bits per heavy atom. The van der Waals surface area contributed by atoms with Gasteiger partial charge in [0.15, 0.2) is 0 Å². The smallest absolute Gasteiger partial charge is 0.306 e. The highest BCUT2D eigenvalue weighted by atomic mass is 32.1. The van der Waals surface area contributed by atoms with Crippen LogP contribution in [-0.2, 0) is 11.2 Å². The summed E-state index contributed by atoms with van der Waals surface area (Å²) in [5, 5.41) is 19.4. The van der Waals surface area contributed by atoms with Crippen LogP contribution in [0, 0.1) is 11.8 Å². The van der Waals surface area contributed by atoms with Crippen LogP contribution in [0.5, 0.6) is 0 Å². The first-order chi connectivity index (χ1) is 8.13. The lowest BCUT2D eigenvalue weighted by molar-refractivity contribution is -0.144. The largest absolute Gasteiger partial charge is 0.481 e. The molecule has 2 rings (SSSR count). The van der Waals surface area contributed by atoms with Crippen molar-refractivity contribution in [2.24, 2.45) is 11.8 Å². The van der Waals surface area contributed by atoms with Crippen LogP contribution in [0.25, 0.3) is 0 Å². The molecule has 4 heteroatoms. The van der Waals surface area contributed by atoms with E-state index >= 15 is 0 Å². The Hall–Kier alpha value is -0.870. The summed E-state index contributed by atoms with van der Waals surface area (Å²) in [5.74, 6) is -1.26. The van der Waals surface area contributed by atoms with Gasteiger partial charge in [-0.05, 0) is 31.4 Å². The van der Waals surface area contributed by atoms with Crippen molar-refractivity contribution in [3.63, 3.8) is 0 Å². The van der Waals surface area contributed by atoms with Gasteiger partial charge in [0.25, 0.3) is 0 Å². The van der Waals surface area contributed by atoms with Gasteiger partial charge in [0.1, 0.15) is 0 Å². The Kier molecular flexibility index (Phi) is 3.84. The Labute approximate surface area is 105 Å². The summed E-state index contributed by atoms with van der Waals surface area (Å²) in [6.45, 7) is 2.08. The second-order valence-corrected chi connectivity index (χ2v) is 5.84. The first-order valence-electron chi connectivity index (χ1n) is 6.13. The zero-order valence-electron chi connectivity index (χ0n) is 9.93. The van der Waals surface area contributed by atoms with E-state index in [-0.39, 0.29) is 11.8 Å². The molecule has 94 valence electrons. The molecule has 0 radical (unpaired) electrons. The van der Waals surface area contributed by atoms with Crippen LogP contribution in [0.4, 0.5) is 0 Å². The summed E-state index contributed by atoms with van der Waals surface area (Å²) >= 11 is 1.60. The fourth-order valence-electron chi connectivity index (χ4n) is 2.63. The van der Waals surface area contributed by atoms with Gasteiger partial charge in [0.05, 0.1) is 12.0 Å². The first kappa shape index (κ1) is 12.6. The molecule has 0 aromatic carbocycles. The topological polar surface area (TPSA) is 57.5 Å². The van der Waals surface area contributed by atoms with Crippen molar-refractivity contribution in [1.82, 2.24) is 0 Å². The predicted octanol–water partition coefficient (Wildman–Crippen LogP) is 2.84. The molecule has 1 fully saturated rings. The number of hydrogen-bond acceptors (Lipinski definition) is 3. The van der Waals surface area contributed by atoms with E-state index in [0.717, 1.165) is 24.1 Å². The number of hydrogen-bond donors (Lipinski definition) is 2. The summed E-state index contributed by atoms with van der Waals surface area (Å²) in [6, 6.07) is 3.96. The van der Waals surface area contributed by atoms with Gasteiger partial charge in [0, 0.05) is 15.7 Å². The van der Waals surface area contributed by atoms with Crippen LogP contribution in [-0.4, -0.2) is 16.2 Å². The van der Waals surface area contributed by atoms with E-state index in [1.54, 1.807) is 11.3 Å². The lowest BCUT2D eigenvalue weighted by Crippen LogP contribution is -2.23. The number of aliphatic carboxylic acids is 1. The summed E-state index contributed by atoms with van der Waals surface area (Å²) in [6.07, 6.45) is 2.78. The molecule has 0 saturated heterocycles. The van der Waals surface area contributed by atoms with Gasteiger partial charge >= 0.3 is 5.97 Å². The molecule has 1 aliphatic rings. The molecule has 1 aliphatic carbocycles. The van der Waals surface area contributed by atoms with E-state index < -0.39 is 12.1 Å². The number of aliphatic hydroxyl groups is 1. The van der Waals surface area contributed by atoms with Gasteiger partial charge in [0.2, 0.25) is 0 Å². The third-order valence-corrected chi connectivity index (χ3v) is 4.91. The van der Waals surface area contributed by atoms with Gasteiger partial charge < -0.3 is 10.2 Å². The van der Waals surface area contributed by atoms with E-state index in [9.17, 15) is 9.90 Å². The molecule has 3 nitrogen and oxygen atoms in total. The lowest BCUT2D eigenvalue weighted by atomic mass is 9.90. The monoisotopic (exact) mass is 254 g/mol. The predicted molar refractivity (Wildman–Crippen MR) is 67.1 cm³/mol. The molecule has 0 spiro atoms. The Morgan fingerprint density at radius 1 is 1.53 bits per heavy atom. The number of rotatable bonds is 4. The van der Waals surface area contributed by atoms with E-state index in [1.165, 1.54) is 4.88 Å². The molecular weight excluding hydrogens is 236 g/mol. The molecule has 0 bridgehead atoms. The van der Waals surface area contributed by atoms with Gasteiger partial charge in [-0.2, -0.15) is 0 Å². The summed E-state index contributed by atoms with van der Waals surface area (Å²) < 4.78 is 0. The highest BCUT2D eigenvalue weighted by Gasteiger charge is 2.38. The Morgan fingerprint density at radius 3 is 2.88 bits per heavy atom. The van der Waals surface area contributed by atoms with Gasteiger partial charge in [-0.25, -0.2) is 0 Å². The van der Waals surface area contributed by atoms with Crippen LogP contribution in [0.1, 0.15) is 42.0 Å². The maximum Gasteiger partial charge on any atom is 0.306 e. The van der Waals surface area contributed by atoms with E-state index in [0.29, 0.717) is 6.42 Å². The van der Waals surface area contributed by atoms with Crippen LogP contribution in [0.3, 0.4) is 0 Å². The van der Waals surface area contributed by atoms with Crippen molar-refractivity contribution in [2.75, 3.05) is 0 Å². The summed E-state index contributed by atoms with van der Waals surface area (Å²) in [4.78, 5) is 13.3. The van der Waals surface area contributed by atoms with Crippen molar-refractivity contribution in [1.29, 1.82) is 0 Å². The van der Waals surface area contributed by atoms with Crippen molar-refractivity contribution >= 4 is 17.3 Å². The molecule has 3 unspecified atom stereocenters. The van der Waals surface area contributed by atoms with Crippen LogP contribution in [0.15, 0.2) is 12.1 Å². The fourth-order valence-corrected chi connectivity index (χ4v) is 3.64. The number of carboxylic acid groups (broad SMARTS) is 1. The number of aryl methyl sites for hydroxylation is 1. The lowest BCUT2D eigenvalue weighted by Gasteiger charge is -2.21. The van der Waals surface area contributed by atoms with Crippen molar-refractivity contribution in [3.8, 4) is 0 Å². The maximum absolute atomic E-state index is 11.1. The molecule has 1 aromatic rings. The van der Waals surface area contributed by atoms with Gasteiger partial charge in [-0.1, -0.05) is 13.3 Å². The van der Waals surface area contributed by atoms with Crippen LogP contribution in [0.2, 0.25) is 0 Å². The van der Waals surface area contributed by atoms with Gasteiger partial charge in [-0.15, -0.1) is 11.3 Å². The third kappa shape index (κ3) is 2.53. The molecule has 1 heterocycles. The zero-order chi connectivity index (χ0) is 12.4. The third-order valence-electron chi connectivity index (χ3n) is 3.61. The molecule has 17 heavy (non-hydrogen) atoms. The molecular formula is C13H18O3S. The first-order valence-corrected chi connectivity index (χ1v) is 6.94. The zero-order valence-corrected chi connectivity index (χ0v) is 10.7. The van der Waals surface area contributed by atoms with Crippen LogP contribution >= 0.6 is 11.3 Å². The second kappa shape index (κ2) is 5.19. The quantitative estimate of drug-likeness (QED) is 0.868. The van der Waals surface area contributed by atoms with Crippen molar-refractivity contribution in [2.45, 2.75) is 38.7 Å². The number of thiophene rings is 1. The summed E-state index contributed by atoms with van der Waals surface area (Å²) in [5.41, 5.74) is 0. The van der Waals surface area contributed by atoms with Crippen molar-refractivity contribution < 1.29 is 15.0 Å². The number of aliphatic hydroxyl groups excluding tert-OH is 1. The second-order valence-electron chi connectivity index (χ2n) is 4.64. The van der Waals surface area contributed by atoms with Crippen LogP contribution < -0.4 is 0 Å². The molecule has 1 saturated carbocycles. The average molecular weight is 254 g/mol. The maximum atomic E-state index is 11.1. The standard InChI is InChI=1S/C13H18O3S/c1-2-8-6-7-11(17-8)12(14)9-4-3-5-10(9)13(15)16/h6-7,9-10,12,14H,2-5H2,1H3,(H,15,16). The number of carboxylic acids is 1. The Bertz CT molecular complexity index is 399. The highest BCUT2D eigenvalue weighted by Crippen LogP contribution is 2.42. The van der Waals surface area contributed by atoms with E-state index in [2.05, 4.69) is 6.92 Å². The van der Waals surface area contributed by atoms with E-state index in [1.807, 2.05) is 12.1 Å². The van der Waals surface area contributed by atoms with Gasteiger partial charge in [-0.3, -0.25) is 4.79 Å². The minimum absolute atomic E-state index is 0.115. The normalized spacial score (nSPS) is 26.0. The molecule has 2 N–H and O–H groups in total. The average Bonchev–Trinajstić information content (AvgIpc) is 2.97. The Balaban J connectivity index is 2.13. The molecule has 0 amide bonds. The summed E-state index contributed by atoms with van der Waals surface area (Å²) in [7, 11) is 0. The number of carbonyl (C=O) groups is 1. The molecule has 3 atom stereocenters. The SMILES string of the molecule is CCc1ccc(C(O)C2CCCC2C(=O)O)s1. The fraction of sp³-hybridized carbons (Fsp3) is 0.615. The highest BCUT2D eigenvalue weighted by molar-refractivity contribution is 7.12.